The Hall–Kier alpha value is -3.35. The van der Waals surface area contributed by atoms with E-state index >= 15 is 0 Å². The van der Waals surface area contributed by atoms with Crippen LogP contribution in [0.2, 0.25) is 0 Å². The van der Waals surface area contributed by atoms with Gasteiger partial charge in [-0.1, -0.05) is 61.9 Å². The van der Waals surface area contributed by atoms with Crippen molar-refractivity contribution in [3.8, 4) is 11.1 Å². The molecular weight excluding hydrogens is 420 g/mol. The summed E-state index contributed by atoms with van der Waals surface area (Å²) in [6, 6.07) is 15.4. The number of aliphatic carboxylic acids is 1. The lowest BCUT2D eigenvalue weighted by molar-refractivity contribution is -0.145. The average Bonchev–Trinajstić information content (AvgIpc) is 3.57. The standard InChI is InChI=1S/C26H30N2O5/c1-2-7-23(25(31)28(15-24(29)30)14-17-12-13-17)27-26(32)33-16-22-20-10-5-3-8-18(20)19-9-4-6-11-21(19)22/h3-6,8-11,17,22-23H,2,7,12-16H2,1H3,(H,27,32)(H,29,30). The number of rotatable bonds is 10. The van der Waals surface area contributed by atoms with Gasteiger partial charge in [-0.3, -0.25) is 9.59 Å². The monoisotopic (exact) mass is 450 g/mol. The molecule has 1 atom stereocenters. The summed E-state index contributed by atoms with van der Waals surface area (Å²) < 4.78 is 5.58. The second kappa shape index (κ2) is 10.1. The summed E-state index contributed by atoms with van der Waals surface area (Å²) in [6.07, 6.45) is 2.43. The van der Waals surface area contributed by atoms with E-state index in [1.54, 1.807) is 0 Å². The molecule has 0 spiro atoms. The van der Waals surface area contributed by atoms with Gasteiger partial charge in [0.2, 0.25) is 5.91 Å². The molecular formula is C26H30N2O5. The Kier molecular flexibility index (Phi) is 6.96. The molecule has 1 saturated carbocycles. The molecule has 0 aliphatic heterocycles. The Labute approximate surface area is 193 Å². The Balaban J connectivity index is 1.41. The highest BCUT2D eigenvalue weighted by Crippen LogP contribution is 2.44. The lowest BCUT2D eigenvalue weighted by atomic mass is 9.98. The molecule has 7 nitrogen and oxygen atoms in total. The molecule has 33 heavy (non-hydrogen) atoms. The molecule has 0 bridgehead atoms. The average molecular weight is 451 g/mol. The maximum atomic E-state index is 13.0. The van der Waals surface area contributed by atoms with Gasteiger partial charge in [-0.2, -0.15) is 0 Å². The third-order valence-electron chi connectivity index (χ3n) is 6.32. The highest BCUT2D eigenvalue weighted by molar-refractivity contribution is 5.88. The summed E-state index contributed by atoms with van der Waals surface area (Å²) >= 11 is 0. The summed E-state index contributed by atoms with van der Waals surface area (Å²) in [5.74, 6) is -1.13. The van der Waals surface area contributed by atoms with Crippen molar-refractivity contribution < 1.29 is 24.2 Å². The van der Waals surface area contributed by atoms with Crippen molar-refractivity contribution in [2.75, 3.05) is 19.7 Å². The molecule has 2 N–H and O–H groups in total. The summed E-state index contributed by atoms with van der Waals surface area (Å²) in [4.78, 5) is 38.3. The normalized spacial score (nSPS) is 15.3. The number of hydrogen-bond acceptors (Lipinski definition) is 4. The highest BCUT2D eigenvalue weighted by Gasteiger charge is 2.33. The van der Waals surface area contributed by atoms with Crippen LogP contribution in [0.1, 0.15) is 49.7 Å². The Morgan fingerprint density at radius 2 is 1.67 bits per heavy atom. The van der Waals surface area contributed by atoms with E-state index < -0.39 is 18.1 Å². The van der Waals surface area contributed by atoms with Crippen LogP contribution in [0.4, 0.5) is 4.79 Å². The van der Waals surface area contributed by atoms with Gasteiger partial charge in [0.05, 0.1) is 0 Å². The molecule has 0 saturated heterocycles. The quantitative estimate of drug-likeness (QED) is 0.570. The zero-order chi connectivity index (χ0) is 23.4. The van der Waals surface area contributed by atoms with Crippen LogP contribution in [0.3, 0.4) is 0 Å². The van der Waals surface area contributed by atoms with Crippen molar-refractivity contribution in [2.24, 2.45) is 5.92 Å². The molecule has 0 radical (unpaired) electrons. The fraction of sp³-hybridized carbons (Fsp3) is 0.423. The number of carbonyl (C=O) groups is 3. The van der Waals surface area contributed by atoms with E-state index in [-0.39, 0.29) is 25.0 Å². The molecule has 0 aromatic heterocycles. The summed E-state index contributed by atoms with van der Waals surface area (Å²) in [5.41, 5.74) is 4.52. The van der Waals surface area contributed by atoms with Crippen molar-refractivity contribution in [3.05, 3.63) is 59.7 Å². The predicted molar refractivity (Wildman–Crippen MR) is 124 cm³/mol. The summed E-state index contributed by atoms with van der Waals surface area (Å²) in [5, 5.41) is 11.9. The SMILES string of the molecule is CCCC(NC(=O)OCC1c2ccccc2-c2ccccc21)C(=O)N(CC(=O)O)CC1CC1. The topological polar surface area (TPSA) is 95.9 Å². The maximum absolute atomic E-state index is 13.0. The van der Waals surface area contributed by atoms with Crippen LogP contribution in [-0.4, -0.2) is 53.7 Å². The van der Waals surface area contributed by atoms with E-state index in [0.717, 1.165) is 35.1 Å². The second-order valence-electron chi connectivity index (χ2n) is 8.87. The largest absolute Gasteiger partial charge is 0.480 e. The molecule has 4 rings (SSSR count). The molecule has 7 heteroatoms. The lowest BCUT2D eigenvalue weighted by Gasteiger charge is -2.26. The molecule has 2 amide bonds. The van der Waals surface area contributed by atoms with Crippen molar-refractivity contribution in [1.29, 1.82) is 0 Å². The van der Waals surface area contributed by atoms with Gasteiger partial charge in [0.1, 0.15) is 19.2 Å². The van der Waals surface area contributed by atoms with E-state index in [2.05, 4.69) is 17.4 Å². The smallest absolute Gasteiger partial charge is 0.407 e. The molecule has 1 unspecified atom stereocenters. The number of benzene rings is 2. The van der Waals surface area contributed by atoms with Gasteiger partial charge in [-0.25, -0.2) is 4.79 Å². The van der Waals surface area contributed by atoms with E-state index in [1.165, 1.54) is 4.90 Å². The molecule has 2 aromatic rings. The Bertz CT molecular complexity index is 987. The molecule has 2 aromatic carbocycles. The zero-order valence-corrected chi connectivity index (χ0v) is 18.8. The number of nitrogens with one attached hydrogen (secondary N) is 1. The van der Waals surface area contributed by atoms with Crippen LogP contribution in [0.15, 0.2) is 48.5 Å². The van der Waals surface area contributed by atoms with Gasteiger partial charge in [0.25, 0.3) is 0 Å². The first kappa shape index (κ1) is 22.8. The van der Waals surface area contributed by atoms with Gasteiger partial charge in [-0.05, 0) is 47.4 Å². The molecule has 0 heterocycles. The predicted octanol–water partition coefficient (Wildman–Crippen LogP) is 4.02. The van der Waals surface area contributed by atoms with Crippen molar-refractivity contribution >= 4 is 18.0 Å². The van der Waals surface area contributed by atoms with Crippen LogP contribution in [0.25, 0.3) is 11.1 Å². The number of carboxylic acids is 1. The Morgan fingerprint density at radius 3 is 2.21 bits per heavy atom. The fourth-order valence-electron chi connectivity index (χ4n) is 4.56. The van der Waals surface area contributed by atoms with Crippen LogP contribution < -0.4 is 5.32 Å². The number of nitrogens with zero attached hydrogens (tertiary/aromatic N) is 1. The van der Waals surface area contributed by atoms with Crippen molar-refractivity contribution in [2.45, 2.75) is 44.6 Å². The third-order valence-corrected chi connectivity index (χ3v) is 6.32. The number of ether oxygens (including phenoxy) is 1. The maximum Gasteiger partial charge on any atom is 0.407 e. The number of carboxylic acid groups (broad SMARTS) is 1. The first-order valence-corrected chi connectivity index (χ1v) is 11.6. The van der Waals surface area contributed by atoms with Gasteiger partial charge in [0.15, 0.2) is 0 Å². The van der Waals surface area contributed by atoms with Gasteiger partial charge < -0.3 is 20.1 Å². The highest BCUT2D eigenvalue weighted by atomic mass is 16.5. The fourth-order valence-corrected chi connectivity index (χ4v) is 4.56. The second-order valence-corrected chi connectivity index (χ2v) is 8.87. The van der Waals surface area contributed by atoms with Crippen LogP contribution in [-0.2, 0) is 14.3 Å². The minimum Gasteiger partial charge on any atom is -0.480 e. The van der Waals surface area contributed by atoms with E-state index in [9.17, 15) is 19.5 Å². The molecule has 174 valence electrons. The van der Waals surface area contributed by atoms with Crippen molar-refractivity contribution in [1.82, 2.24) is 10.2 Å². The molecule has 2 aliphatic carbocycles. The van der Waals surface area contributed by atoms with Gasteiger partial charge >= 0.3 is 12.1 Å². The summed E-state index contributed by atoms with van der Waals surface area (Å²) in [6.45, 7) is 2.13. The van der Waals surface area contributed by atoms with E-state index in [4.69, 9.17) is 4.74 Å². The summed E-state index contributed by atoms with van der Waals surface area (Å²) in [7, 11) is 0. The molecule has 1 fully saturated rings. The zero-order valence-electron chi connectivity index (χ0n) is 18.8. The lowest BCUT2D eigenvalue weighted by Crippen LogP contribution is -2.50. The third kappa shape index (κ3) is 5.35. The minimum atomic E-state index is -1.06. The van der Waals surface area contributed by atoms with Crippen LogP contribution in [0.5, 0.6) is 0 Å². The first-order valence-electron chi connectivity index (χ1n) is 11.6. The van der Waals surface area contributed by atoms with Crippen LogP contribution in [0, 0.1) is 5.92 Å². The number of amides is 2. The van der Waals surface area contributed by atoms with Crippen molar-refractivity contribution in [3.63, 3.8) is 0 Å². The number of carbonyl (C=O) groups excluding carboxylic acids is 2. The first-order chi connectivity index (χ1) is 16.0. The number of fused-ring (bicyclic) bond motifs is 3. The van der Waals surface area contributed by atoms with E-state index in [0.29, 0.717) is 25.3 Å². The number of alkyl carbamates (subject to hydrolysis) is 1. The Morgan fingerprint density at radius 1 is 1.06 bits per heavy atom. The van der Waals surface area contributed by atoms with Crippen LogP contribution >= 0.6 is 0 Å². The van der Waals surface area contributed by atoms with Gasteiger partial charge in [0, 0.05) is 12.5 Å². The minimum absolute atomic E-state index is 0.0677. The molecule has 2 aliphatic rings. The van der Waals surface area contributed by atoms with Gasteiger partial charge in [-0.15, -0.1) is 0 Å². The number of hydrogen-bond donors (Lipinski definition) is 2. The van der Waals surface area contributed by atoms with E-state index in [1.807, 2.05) is 43.3 Å².